The van der Waals surface area contributed by atoms with Crippen molar-refractivity contribution < 1.29 is 9.53 Å². The van der Waals surface area contributed by atoms with E-state index in [0.29, 0.717) is 28.2 Å². The van der Waals surface area contributed by atoms with E-state index in [-0.39, 0.29) is 11.2 Å². The fourth-order valence-corrected chi connectivity index (χ4v) is 3.72. The number of anilines is 1. The van der Waals surface area contributed by atoms with Gasteiger partial charge in [0.1, 0.15) is 5.75 Å². The molecule has 0 saturated heterocycles. The van der Waals surface area contributed by atoms with Crippen molar-refractivity contribution in [2.24, 2.45) is 0 Å². The molecule has 0 aliphatic carbocycles. The van der Waals surface area contributed by atoms with Gasteiger partial charge in [-0.1, -0.05) is 35.5 Å². The molecule has 0 aliphatic heterocycles. The molecule has 0 saturated carbocycles. The van der Waals surface area contributed by atoms with Crippen LogP contribution in [0.4, 0.5) is 5.69 Å². The Morgan fingerprint density at radius 1 is 1.21 bits per heavy atom. The maximum Gasteiger partial charge on any atom is 0.237 e. The van der Waals surface area contributed by atoms with Crippen molar-refractivity contribution in [3.05, 3.63) is 53.6 Å². The number of hydrogen-bond donors (Lipinski definition) is 1. The van der Waals surface area contributed by atoms with Gasteiger partial charge in [-0.3, -0.25) is 4.79 Å². The lowest BCUT2D eigenvalue weighted by atomic mass is 10.2. The monoisotopic (exact) mass is 416 g/mol. The molecule has 146 valence electrons. The Balaban J connectivity index is 1.78. The summed E-state index contributed by atoms with van der Waals surface area (Å²) in [5.41, 5.74) is 1.57. The molecule has 2 aromatic carbocycles. The molecule has 0 bridgehead atoms. The Hall–Kier alpha value is -2.51. The van der Waals surface area contributed by atoms with Crippen molar-refractivity contribution in [3.8, 4) is 17.1 Å². The maximum absolute atomic E-state index is 12.5. The molecule has 1 N–H and O–H groups in total. The molecular formula is C20H21ClN4O2S. The summed E-state index contributed by atoms with van der Waals surface area (Å²) in [4.78, 5) is 12.5. The molecule has 1 atom stereocenters. The van der Waals surface area contributed by atoms with Crippen molar-refractivity contribution in [1.82, 2.24) is 14.8 Å². The van der Waals surface area contributed by atoms with Gasteiger partial charge in [0.05, 0.1) is 17.9 Å². The van der Waals surface area contributed by atoms with E-state index in [1.54, 1.807) is 31.4 Å². The van der Waals surface area contributed by atoms with Crippen molar-refractivity contribution in [2.45, 2.75) is 30.8 Å². The highest BCUT2D eigenvalue weighted by Crippen LogP contribution is 2.32. The number of benzene rings is 2. The molecule has 1 aromatic heterocycles. The highest BCUT2D eigenvalue weighted by atomic mass is 35.5. The van der Waals surface area contributed by atoms with Gasteiger partial charge in [-0.2, -0.15) is 0 Å². The minimum Gasteiger partial charge on any atom is -0.496 e. The van der Waals surface area contributed by atoms with Crippen LogP contribution in [0, 0.1) is 0 Å². The van der Waals surface area contributed by atoms with Gasteiger partial charge < -0.3 is 14.6 Å². The van der Waals surface area contributed by atoms with Gasteiger partial charge in [-0.05, 0) is 50.2 Å². The highest BCUT2D eigenvalue weighted by Gasteiger charge is 2.21. The van der Waals surface area contributed by atoms with Crippen LogP contribution in [-0.2, 0) is 11.3 Å². The van der Waals surface area contributed by atoms with Crippen molar-refractivity contribution in [1.29, 1.82) is 0 Å². The fourth-order valence-electron chi connectivity index (χ4n) is 2.68. The van der Waals surface area contributed by atoms with E-state index in [1.165, 1.54) is 11.8 Å². The summed E-state index contributed by atoms with van der Waals surface area (Å²) in [6, 6.07) is 14.7. The quantitative estimate of drug-likeness (QED) is 0.563. The number of carbonyl (C=O) groups is 1. The van der Waals surface area contributed by atoms with Gasteiger partial charge in [0.2, 0.25) is 5.91 Å². The molecule has 28 heavy (non-hydrogen) atoms. The second-order valence-corrected chi connectivity index (χ2v) is 7.75. The fraction of sp³-hybridized carbons (Fsp3) is 0.250. The van der Waals surface area contributed by atoms with Gasteiger partial charge in [-0.15, -0.1) is 10.2 Å². The Kier molecular flexibility index (Phi) is 6.59. The van der Waals surface area contributed by atoms with Gasteiger partial charge in [0, 0.05) is 17.3 Å². The van der Waals surface area contributed by atoms with E-state index >= 15 is 0 Å². The van der Waals surface area contributed by atoms with E-state index in [4.69, 9.17) is 16.3 Å². The van der Waals surface area contributed by atoms with Crippen LogP contribution in [0.25, 0.3) is 11.4 Å². The van der Waals surface area contributed by atoms with E-state index in [9.17, 15) is 4.79 Å². The number of methoxy groups -OCH3 is 1. The molecule has 0 aliphatic rings. The molecule has 3 aromatic rings. The van der Waals surface area contributed by atoms with Gasteiger partial charge in [0.15, 0.2) is 11.0 Å². The Labute approximate surface area is 173 Å². The third-order valence-electron chi connectivity index (χ3n) is 4.14. The number of nitrogens with zero attached hydrogens (tertiary/aromatic N) is 3. The molecule has 3 rings (SSSR count). The predicted molar refractivity (Wildman–Crippen MR) is 113 cm³/mol. The normalized spacial score (nSPS) is 11.9. The zero-order valence-electron chi connectivity index (χ0n) is 15.8. The number of aromatic nitrogens is 3. The lowest BCUT2D eigenvalue weighted by Gasteiger charge is -2.13. The maximum atomic E-state index is 12.5. The number of hydrogen-bond acceptors (Lipinski definition) is 5. The summed E-state index contributed by atoms with van der Waals surface area (Å²) in [6.07, 6.45) is 0. The zero-order valence-corrected chi connectivity index (χ0v) is 17.4. The van der Waals surface area contributed by atoms with Gasteiger partial charge >= 0.3 is 0 Å². The number of ether oxygens (including phenoxy) is 1. The number of rotatable bonds is 7. The summed E-state index contributed by atoms with van der Waals surface area (Å²) < 4.78 is 7.42. The van der Waals surface area contributed by atoms with Crippen LogP contribution >= 0.6 is 23.4 Å². The lowest BCUT2D eigenvalue weighted by Crippen LogP contribution is -2.22. The predicted octanol–water partition coefficient (Wildman–Crippen LogP) is 4.75. The second kappa shape index (κ2) is 9.12. The first-order valence-electron chi connectivity index (χ1n) is 8.83. The smallest absolute Gasteiger partial charge is 0.237 e. The summed E-state index contributed by atoms with van der Waals surface area (Å²) in [7, 11) is 1.63. The van der Waals surface area contributed by atoms with Crippen molar-refractivity contribution >= 4 is 35.0 Å². The largest absolute Gasteiger partial charge is 0.496 e. The zero-order chi connectivity index (χ0) is 20.1. The minimum absolute atomic E-state index is 0.114. The SMILES string of the molecule is CCn1c(S[C@@H](C)C(=O)Nc2ccc(Cl)cc2)nnc1-c1ccccc1OC. The standard InChI is InChI=1S/C20H21ClN4O2S/c1-4-25-18(16-7-5-6-8-17(16)27-3)23-24-20(25)28-13(2)19(26)22-15-11-9-14(21)10-12-15/h5-13H,4H2,1-3H3,(H,22,26)/t13-/m0/s1. The number of carbonyl (C=O) groups excluding carboxylic acids is 1. The Morgan fingerprint density at radius 3 is 2.61 bits per heavy atom. The number of nitrogens with one attached hydrogen (secondary N) is 1. The summed E-state index contributed by atoms with van der Waals surface area (Å²) in [5, 5.41) is 12.5. The molecule has 0 spiro atoms. The number of halogens is 1. The van der Waals surface area contributed by atoms with Gasteiger partial charge in [0.25, 0.3) is 0 Å². The first-order chi connectivity index (χ1) is 13.5. The molecular weight excluding hydrogens is 396 g/mol. The molecule has 0 radical (unpaired) electrons. The Bertz CT molecular complexity index is 959. The first kappa shape index (κ1) is 20.2. The van der Waals surface area contributed by atoms with E-state index < -0.39 is 0 Å². The summed E-state index contributed by atoms with van der Waals surface area (Å²) in [5.74, 6) is 1.33. The average molecular weight is 417 g/mol. The van der Waals surface area contributed by atoms with Crippen LogP contribution in [0.1, 0.15) is 13.8 Å². The Morgan fingerprint density at radius 2 is 1.93 bits per heavy atom. The van der Waals surface area contributed by atoms with Crippen LogP contribution in [-0.4, -0.2) is 33.0 Å². The number of para-hydroxylation sites is 1. The van der Waals surface area contributed by atoms with Crippen LogP contribution in [0.3, 0.4) is 0 Å². The summed E-state index contributed by atoms with van der Waals surface area (Å²) in [6.45, 7) is 4.53. The third kappa shape index (κ3) is 4.48. The molecule has 1 heterocycles. The number of amides is 1. The summed E-state index contributed by atoms with van der Waals surface area (Å²) >= 11 is 7.25. The van der Waals surface area contributed by atoms with Crippen molar-refractivity contribution in [3.63, 3.8) is 0 Å². The third-order valence-corrected chi connectivity index (χ3v) is 5.48. The molecule has 0 fully saturated rings. The highest BCUT2D eigenvalue weighted by molar-refractivity contribution is 8.00. The second-order valence-electron chi connectivity index (χ2n) is 6.01. The molecule has 1 amide bonds. The minimum atomic E-state index is -0.351. The average Bonchev–Trinajstić information content (AvgIpc) is 3.11. The topological polar surface area (TPSA) is 69.0 Å². The first-order valence-corrected chi connectivity index (χ1v) is 10.1. The van der Waals surface area contributed by atoms with Crippen LogP contribution < -0.4 is 10.1 Å². The number of thioether (sulfide) groups is 1. The lowest BCUT2D eigenvalue weighted by molar-refractivity contribution is -0.115. The molecule has 6 nitrogen and oxygen atoms in total. The van der Waals surface area contributed by atoms with Crippen LogP contribution in [0.5, 0.6) is 5.75 Å². The molecule has 8 heteroatoms. The van der Waals surface area contributed by atoms with E-state index in [2.05, 4.69) is 15.5 Å². The van der Waals surface area contributed by atoms with Crippen molar-refractivity contribution in [2.75, 3.05) is 12.4 Å². The van der Waals surface area contributed by atoms with Crippen LogP contribution in [0.15, 0.2) is 53.7 Å². The van der Waals surface area contributed by atoms with E-state index in [1.807, 2.05) is 42.7 Å². The van der Waals surface area contributed by atoms with Gasteiger partial charge in [-0.25, -0.2) is 0 Å². The van der Waals surface area contributed by atoms with Crippen LogP contribution in [0.2, 0.25) is 5.02 Å². The molecule has 0 unspecified atom stereocenters. The van der Waals surface area contributed by atoms with E-state index in [0.717, 1.165) is 11.3 Å².